The molecule has 2 aromatic carbocycles. The van der Waals surface area contributed by atoms with Crippen LogP contribution in [0.1, 0.15) is 0 Å². The summed E-state index contributed by atoms with van der Waals surface area (Å²) in [7, 11) is 0. The van der Waals surface area contributed by atoms with Crippen LogP contribution in [-0.2, 0) is 4.74 Å². The van der Waals surface area contributed by atoms with Gasteiger partial charge in [-0.1, -0.05) is 42.5 Å². The van der Waals surface area contributed by atoms with E-state index in [2.05, 4.69) is 44.1 Å². The molecule has 0 unspecified atom stereocenters. The second kappa shape index (κ2) is 6.44. The first kappa shape index (κ1) is 15.9. The first-order valence-corrected chi connectivity index (χ1v) is 8.91. The fraction of sp³-hybridized carbons (Fsp3) is 0.200. The Morgan fingerprint density at radius 1 is 0.926 bits per heavy atom. The molecule has 7 heteroatoms. The number of fused-ring (bicyclic) bond motifs is 2. The Balaban J connectivity index is 1.71. The minimum atomic E-state index is 0.205. The van der Waals surface area contributed by atoms with Gasteiger partial charge in [-0.25, -0.2) is 9.97 Å². The normalized spacial score (nSPS) is 14.7. The van der Waals surface area contributed by atoms with Crippen LogP contribution in [-0.4, -0.2) is 46.2 Å². The monoisotopic (exact) mass is 358 g/mol. The number of nitrogens with two attached hydrogens (primary N) is 1. The number of morpholine rings is 1. The quantitative estimate of drug-likeness (QED) is 0.589. The molecule has 2 N–H and O–H groups in total. The lowest BCUT2D eigenvalue weighted by molar-refractivity contribution is 0.122. The van der Waals surface area contributed by atoms with E-state index in [0.29, 0.717) is 24.4 Å². The van der Waals surface area contributed by atoms with Gasteiger partial charge in [0.2, 0.25) is 5.95 Å². The van der Waals surface area contributed by atoms with E-state index >= 15 is 0 Å². The van der Waals surface area contributed by atoms with Crippen LogP contribution >= 0.6 is 0 Å². The summed E-state index contributed by atoms with van der Waals surface area (Å²) in [4.78, 5) is 20.3. The van der Waals surface area contributed by atoms with Crippen molar-refractivity contribution >= 4 is 33.7 Å². The smallest absolute Gasteiger partial charge is 0.224 e. The molecule has 0 atom stereocenters. The maximum Gasteiger partial charge on any atom is 0.224 e. The molecule has 27 heavy (non-hydrogen) atoms. The van der Waals surface area contributed by atoms with Crippen molar-refractivity contribution in [3.63, 3.8) is 0 Å². The predicted octanol–water partition coefficient (Wildman–Crippen LogP) is 2.66. The van der Waals surface area contributed by atoms with Gasteiger partial charge in [-0.15, -0.1) is 0 Å². The Hall–Kier alpha value is -3.32. The first-order chi connectivity index (χ1) is 13.3. The molecule has 0 aliphatic carbocycles. The highest BCUT2D eigenvalue weighted by Gasteiger charge is 2.19. The lowest BCUT2D eigenvalue weighted by Crippen LogP contribution is -2.37. The molecule has 0 radical (unpaired) electrons. The zero-order valence-electron chi connectivity index (χ0n) is 14.7. The zero-order chi connectivity index (χ0) is 18.2. The van der Waals surface area contributed by atoms with Crippen LogP contribution in [0.25, 0.3) is 33.2 Å². The molecule has 7 nitrogen and oxygen atoms in total. The summed E-state index contributed by atoms with van der Waals surface area (Å²) in [6.07, 6.45) is 1.75. The number of anilines is 2. The van der Waals surface area contributed by atoms with Crippen molar-refractivity contribution in [2.75, 3.05) is 36.9 Å². The van der Waals surface area contributed by atoms with Gasteiger partial charge in [-0.05, 0) is 10.8 Å². The lowest BCUT2D eigenvalue weighted by atomic mass is 10.0. The third-order valence-corrected chi connectivity index (χ3v) is 4.78. The van der Waals surface area contributed by atoms with Crippen molar-refractivity contribution in [1.82, 2.24) is 19.9 Å². The number of aromatic nitrogens is 4. The fourth-order valence-corrected chi connectivity index (χ4v) is 3.48. The highest BCUT2D eigenvalue weighted by Crippen LogP contribution is 2.30. The fourth-order valence-electron chi connectivity index (χ4n) is 3.48. The van der Waals surface area contributed by atoms with Crippen LogP contribution in [0.4, 0.5) is 11.8 Å². The van der Waals surface area contributed by atoms with E-state index in [0.717, 1.165) is 35.6 Å². The summed E-state index contributed by atoms with van der Waals surface area (Å²) in [5.41, 5.74) is 8.91. The average molecular weight is 358 g/mol. The molecular weight excluding hydrogens is 340 g/mol. The molecule has 3 heterocycles. The van der Waals surface area contributed by atoms with Crippen molar-refractivity contribution in [3.05, 3.63) is 48.7 Å². The number of nitrogen functional groups attached to an aromatic ring is 1. The van der Waals surface area contributed by atoms with Crippen LogP contribution in [0.5, 0.6) is 0 Å². The maximum atomic E-state index is 5.91. The molecule has 1 saturated heterocycles. The van der Waals surface area contributed by atoms with Gasteiger partial charge in [0.1, 0.15) is 0 Å². The number of hydrogen-bond donors (Lipinski definition) is 1. The molecule has 5 rings (SSSR count). The summed E-state index contributed by atoms with van der Waals surface area (Å²) in [5, 5.41) is 2.30. The third-order valence-electron chi connectivity index (χ3n) is 4.78. The topological polar surface area (TPSA) is 90.0 Å². The molecule has 0 bridgehead atoms. The van der Waals surface area contributed by atoms with E-state index in [9.17, 15) is 0 Å². The molecule has 4 aromatic rings. The second-order valence-corrected chi connectivity index (χ2v) is 6.46. The zero-order valence-corrected chi connectivity index (χ0v) is 14.7. The average Bonchev–Trinajstić information content (AvgIpc) is 2.73. The molecule has 134 valence electrons. The minimum absolute atomic E-state index is 0.205. The van der Waals surface area contributed by atoms with Crippen LogP contribution in [0.3, 0.4) is 0 Å². The van der Waals surface area contributed by atoms with Gasteiger partial charge in [0.15, 0.2) is 17.0 Å². The van der Waals surface area contributed by atoms with E-state index in [1.807, 2.05) is 18.2 Å². The molecule has 0 amide bonds. The second-order valence-electron chi connectivity index (χ2n) is 6.46. The van der Waals surface area contributed by atoms with Gasteiger partial charge < -0.3 is 15.4 Å². The summed E-state index contributed by atoms with van der Waals surface area (Å²) in [5.74, 6) is 0.923. The van der Waals surface area contributed by atoms with Crippen molar-refractivity contribution in [2.45, 2.75) is 0 Å². The van der Waals surface area contributed by atoms with E-state index in [1.165, 1.54) is 5.39 Å². The van der Waals surface area contributed by atoms with E-state index in [4.69, 9.17) is 15.5 Å². The number of nitrogens with zero attached hydrogens (tertiary/aromatic N) is 5. The van der Waals surface area contributed by atoms with Gasteiger partial charge >= 0.3 is 0 Å². The molecule has 0 spiro atoms. The van der Waals surface area contributed by atoms with E-state index < -0.39 is 0 Å². The van der Waals surface area contributed by atoms with Crippen molar-refractivity contribution < 1.29 is 4.74 Å². The maximum absolute atomic E-state index is 5.91. The number of rotatable bonds is 2. The molecule has 2 aromatic heterocycles. The van der Waals surface area contributed by atoms with Crippen LogP contribution < -0.4 is 10.6 Å². The Morgan fingerprint density at radius 3 is 2.63 bits per heavy atom. The highest BCUT2D eigenvalue weighted by molar-refractivity contribution is 5.97. The Labute approximate surface area is 155 Å². The Kier molecular flexibility index (Phi) is 3.79. The first-order valence-electron chi connectivity index (χ1n) is 8.91. The van der Waals surface area contributed by atoms with Crippen molar-refractivity contribution in [3.8, 4) is 11.3 Å². The standard InChI is InChI=1S/C20H18N6O/c21-20-24-18-17(19(25-20)26-8-10-27-11-9-26)23-16(12-22-18)15-7-3-5-13-4-1-2-6-14(13)15/h1-7,12H,8-11H2,(H2,21,22,24,25). The Bertz CT molecular complexity index is 1130. The van der Waals surface area contributed by atoms with Crippen molar-refractivity contribution in [2.24, 2.45) is 0 Å². The SMILES string of the molecule is Nc1nc(N2CCOCC2)c2nc(-c3cccc4ccccc34)cnc2n1. The van der Waals surface area contributed by atoms with Gasteiger partial charge in [0.25, 0.3) is 0 Å². The summed E-state index contributed by atoms with van der Waals surface area (Å²) >= 11 is 0. The molecular formula is C20H18N6O. The number of ether oxygens (including phenoxy) is 1. The summed E-state index contributed by atoms with van der Waals surface area (Å²) in [6, 6.07) is 14.4. The summed E-state index contributed by atoms with van der Waals surface area (Å²) in [6.45, 7) is 2.79. The Morgan fingerprint density at radius 2 is 1.74 bits per heavy atom. The van der Waals surface area contributed by atoms with Gasteiger partial charge in [0, 0.05) is 18.7 Å². The molecule has 1 aliphatic heterocycles. The van der Waals surface area contributed by atoms with Gasteiger partial charge in [-0.3, -0.25) is 0 Å². The van der Waals surface area contributed by atoms with Gasteiger partial charge in [0.05, 0.1) is 25.1 Å². The van der Waals surface area contributed by atoms with Crippen LogP contribution in [0.15, 0.2) is 48.7 Å². The number of hydrogen-bond acceptors (Lipinski definition) is 7. The number of benzene rings is 2. The van der Waals surface area contributed by atoms with Crippen LogP contribution in [0, 0.1) is 0 Å². The van der Waals surface area contributed by atoms with E-state index in [-0.39, 0.29) is 5.95 Å². The predicted molar refractivity (Wildman–Crippen MR) is 106 cm³/mol. The molecule has 0 saturated carbocycles. The van der Waals surface area contributed by atoms with E-state index in [1.54, 1.807) is 6.20 Å². The third kappa shape index (κ3) is 2.82. The van der Waals surface area contributed by atoms with Crippen LogP contribution in [0.2, 0.25) is 0 Å². The van der Waals surface area contributed by atoms with Gasteiger partial charge in [-0.2, -0.15) is 9.97 Å². The highest BCUT2D eigenvalue weighted by atomic mass is 16.5. The molecule has 1 aliphatic rings. The largest absolute Gasteiger partial charge is 0.378 e. The van der Waals surface area contributed by atoms with Crippen molar-refractivity contribution in [1.29, 1.82) is 0 Å². The molecule has 1 fully saturated rings. The lowest BCUT2D eigenvalue weighted by Gasteiger charge is -2.28. The summed E-state index contributed by atoms with van der Waals surface area (Å²) < 4.78 is 5.45. The minimum Gasteiger partial charge on any atom is -0.378 e.